The molecule has 0 saturated carbocycles. The van der Waals surface area contributed by atoms with E-state index < -0.39 is 11.8 Å². The van der Waals surface area contributed by atoms with E-state index in [9.17, 15) is 9.59 Å². The minimum atomic E-state index is -0.626. The van der Waals surface area contributed by atoms with Crippen LogP contribution in [0.15, 0.2) is 40.4 Å². The standard InChI is InChI=1S/C12H12Cl2N2O2/c1-2-15-11(17)9(13)10(14)12(18)16-8-6-4-3-5-7-8/h3-7H,2H2,1H3,(H,15,17)(H,16,18)/b10-9-. The zero-order chi connectivity index (χ0) is 13.5. The van der Waals surface area contributed by atoms with Gasteiger partial charge >= 0.3 is 0 Å². The van der Waals surface area contributed by atoms with Gasteiger partial charge in [0, 0.05) is 12.2 Å². The Morgan fingerprint density at radius 2 is 1.61 bits per heavy atom. The van der Waals surface area contributed by atoms with Gasteiger partial charge in [-0.25, -0.2) is 0 Å². The third-order valence-corrected chi connectivity index (χ3v) is 2.78. The maximum Gasteiger partial charge on any atom is 0.268 e. The minimum Gasteiger partial charge on any atom is -0.352 e. The van der Waals surface area contributed by atoms with E-state index >= 15 is 0 Å². The van der Waals surface area contributed by atoms with E-state index in [0.29, 0.717) is 12.2 Å². The molecule has 96 valence electrons. The molecule has 1 aromatic rings. The minimum absolute atomic E-state index is 0.327. The predicted octanol–water partition coefficient (Wildman–Crippen LogP) is 2.45. The van der Waals surface area contributed by atoms with Crippen molar-refractivity contribution in [1.29, 1.82) is 0 Å². The molecule has 0 heterocycles. The second-order valence-corrected chi connectivity index (χ2v) is 4.06. The number of halogens is 2. The molecule has 0 atom stereocenters. The first-order valence-electron chi connectivity index (χ1n) is 5.26. The molecule has 0 bridgehead atoms. The number of amides is 2. The molecule has 0 aliphatic rings. The van der Waals surface area contributed by atoms with Crippen molar-refractivity contribution < 1.29 is 9.59 Å². The Morgan fingerprint density at radius 1 is 1.06 bits per heavy atom. The lowest BCUT2D eigenvalue weighted by Gasteiger charge is -2.06. The molecule has 2 N–H and O–H groups in total. The Bertz CT molecular complexity index is 472. The number of benzene rings is 1. The summed E-state index contributed by atoms with van der Waals surface area (Å²) in [5, 5.41) is 4.31. The van der Waals surface area contributed by atoms with Gasteiger partial charge in [-0.1, -0.05) is 41.4 Å². The van der Waals surface area contributed by atoms with Crippen molar-refractivity contribution in [2.75, 3.05) is 11.9 Å². The lowest BCUT2D eigenvalue weighted by Crippen LogP contribution is -2.25. The van der Waals surface area contributed by atoms with Crippen molar-refractivity contribution in [2.24, 2.45) is 0 Å². The van der Waals surface area contributed by atoms with Crippen LogP contribution in [0.2, 0.25) is 0 Å². The second-order valence-electron chi connectivity index (χ2n) is 3.31. The number of rotatable bonds is 4. The van der Waals surface area contributed by atoms with Crippen molar-refractivity contribution >= 4 is 40.7 Å². The molecule has 0 aromatic heterocycles. The number of nitrogens with one attached hydrogen (secondary N) is 2. The Kier molecular flexibility index (Phi) is 5.68. The molecule has 2 amide bonds. The first kappa shape index (κ1) is 14.5. The third kappa shape index (κ3) is 4.05. The molecule has 0 radical (unpaired) electrons. The van der Waals surface area contributed by atoms with Crippen molar-refractivity contribution in [1.82, 2.24) is 5.32 Å². The van der Waals surface area contributed by atoms with Crippen LogP contribution in [0.3, 0.4) is 0 Å². The summed E-state index contributed by atoms with van der Waals surface area (Å²) in [7, 11) is 0. The van der Waals surface area contributed by atoms with Crippen molar-refractivity contribution in [3.05, 3.63) is 40.4 Å². The van der Waals surface area contributed by atoms with Gasteiger partial charge in [-0.15, -0.1) is 0 Å². The molecule has 18 heavy (non-hydrogen) atoms. The highest BCUT2D eigenvalue weighted by molar-refractivity contribution is 6.54. The van der Waals surface area contributed by atoms with Crippen LogP contribution >= 0.6 is 23.2 Å². The lowest BCUT2D eigenvalue weighted by atomic mass is 10.3. The first-order valence-corrected chi connectivity index (χ1v) is 6.01. The molecule has 6 heteroatoms. The van der Waals surface area contributed by atoms with E-state index in [0.717, 1.165) is 0 Å². The number of carbonyl (C=O) groups excluding carboxylic acids is 2. The van der Waals surface area contributed by atoms with Crippen LogP contribution in [-0.4, -0.2) is 18.4 Å². The molecule has 0 spiro atoms. The molecule has 0 fully saturated rings. The smallest absolute Gasteiger partial charge is 0.268 e. The summed E-state index contributed by atoms with van der Waals surface area (Å²) in [6, 6.07) is 8.73. The number of hydrogen-bond donors (Lipinski definition) is 2. The Balaban J connectivity index is 2.77. The number of anilines is 1. The summed E-state index contributed by atoms with van der Waals surface area (Å²) in [4.78, 5) is 23.1. The van der Waals surface area contributed by atoms with Crippen molar-refractivity contribution in [3.63, 3.8) is 0 Å². The highest BCUT2D eigenvalue weighted by Crippen LogP contribution is 2.16. The van der Waals surface area contributed by atoms with Gasteiger partial charge in [0.05, 0.1) is 0 Å². The summed E-state index contributed by atoms with van der Waals surface area (Å²) < 4.78 is 0. The van der Waals surface area contributed by atoms with E-state index in [-0.39, 0.29) is 10.1 Å². The topological polar surface area (TPSA) is 58.2 Å². The zero-order valence-corrected chi connectivity index (χ0v) is 11.2. The molecule has 0 aliphatic carbocycles. The van der Waals surface area contributed by atoms with Gasteiger partial charge in [-0.05, 0) is 19.1 Å². The van der Waals surface area contributed by atoms with E-state index in [1.807, 2.05) is 6.07 Å². The van der Waals surface area contributed by atoms with Gasteiger partial charge in [-0.3, -0.25) is 9.59 Å². The first-order chi connectivity index (χ1) is 8.56. The lowest BCUT2D eigenvalue weighted by molar-refractivity contribution is -0.117. The van der Waals surface area contributed by atoms with E-state index in [4.69, 9.17) is 23.2 Å². The van der Waals surface area contributed by atoms with Crippen LogP contribution < -0.4 is 10.6 Å². The fraction of sp³-hybridized carbons (Fsp3) is 0.167. The SMILES string of the molecule is CCNC(=O)/C(Cl)=C(/Cl)C(=O)Nc1ccccc1. The summed E-state index contributed by atoms with van der Waals surface area (Å²) in [6.45, 7) is 2.14. The molecule has 4 nitrogen and oxygen atoms in total. The fourth-order valence-electron chi connectivity index (χ4n) is 1.14. The summed E-state index contributed by atoms with van der Waals surface area (Å²) in [5.74, 6) is -1.20. The number of para-hydroxylation sites is 1. The quantitative estimate of drug-likeness (QED) is 0.836. The van der Waals surface area contributed by atoms with Gasteiger partial charge < -0.3 is 10.6 Å². The van der Waals surface area contributed by atoms with Gasteiger partial charge in [0.1, 0.15) is 10.1 Å². The maximum absolute atomic E-state index is 11.7. The van der Waals surface area contributed by atoms with Crippen molar-refractivity contribution in [2.45, 2.75) is 6.92 Å². The van der Waals surface area contributed by atoms with Crippen LogP contribution in [-0.2, 0) is 9.59 Å². The number of hydrogen-bond acceptors (Lipinski definition) is 2. The highest BCUT2D eigenvalue weighted by Gasteiger charge is 2.17. The molecule has 0 unspecified atom stereocenters. The van der Waals surface area contributed by atoms with E-state index in [1.165, 1.54) is 0 Å². The van der Waals surface area contributed by atoms with Crippen LogP contribution in [0.4, 0.5) is 5.69 Å². The van der Waals surface area contributed by atoms with Crippen LogP contribution in [0, 0.1) is 0 Å². The fourth-order valence-corrected chi connectivity index (χ4v) is 1.43. The normalized spacial score (nSPS) is 11.5. The molecule has 1 aromatic carbocycles. The summed E-state index contributed by atoms with van der Waals surface area (Å²) in [6.07, 6.45) is 0. The molecular formula is C12H12Cl2N2O2. The predicted molar refractivity (Wildman–Crippen MR) is 72.5 cm³/mol. The van der Waals surface area contributed by atoms with Gasteiger partial charge in [0.25, 0.3) is 11.8 Å². The van der Waals surface area contributed by atoms with Crippen LogP contribution in [0.25, 0.3) is 0 Å². The Labute approximate surface area is 115 Å². The van der Waals surface area contributed by atoms with E-state index in [2.05, 4.69) is 10.6 Å². The number of carbonyl (C=O) groups is 2. The molecular weight excluding hydrogens is 275 g/mol. The maximum atomic E-state index is 11.7. The molecule has 0 saturated heterocycles. The van der Waals surface area contributed by atoms with Crippen LogP contribution in [0.5, 0.6) is 0 Å². The summed E-state index contributed by atoms with van der Waals surface area (Å²) >= 11 is 11.4. The summed E-state index contributed by atoms with van der Waals surface area (Å²) in [5.41, 5.74) is 0.570. The third-order valence-electron chi connectivity index (χ3n) is 1.96. The Hall–Kier alpha value is -1.52. The van der Waals surface area contributed by atoms with Gasteiger partial charge in [-0.2, -0.15) is 0 Å². The van der Waals surface area contributed by atoms with E-state index in [1.54, 1.807) is 31.2 Å². The van der Waals surface area contributed by atoms with Gasteiger partial charge in [0.2, 0.25) is 0 Å². The number of likely N-dealkylation sites (N-methyl/N-ethyl adjacent to an activating group) is 1. The largest absolute Gasteiger partial charge is 0.352 e. The second kappa shape index (κ2) is 7.03. The van der Waals surface area contributed by atoms with Crippen LogP contribution in [0.1, 0.15) is 6.92 Å². The average molecular weight is 287 g/mol. The molecule has 1 rings (SSSR count). The monoisotopic (exact) mass is 286 g/mol. The average Bonchev–Trinajstić information content (AvgIpc) is 2.38. The van der Waals surface area contributed by atoms with Crippen molar-refractivity contribution in [3.8, 4) is 0 Å². The van der Waals surface area contributed by atoms with Gasteiger partial charge in [0.15, 0.2) is 0 Å². The zero-order valence-electron chi connectivity index (χ0n) is 9.67. The highest BCUT2D eigenvalue weighted by atomic mass is 35.5. The molecule has 0 aliphatic heterocycles. The Morgan fingerprint density at radius 3 is 2.17 bits per heavy atom.